The molecule has 0 atom stereocenters. The van der Waals surface area contributed by atoms with E-state index >= 15 is 0 Å². The highest BCUT2D eigenvalue weighted by atomic mass is 16.1. The molecule has 0 aliphatic rings. The highest BCUT2D eigenvalue weighted by Gasteiger charge is 2.06. The van der Waals surface area contributed by atoms with Gasteiger partial charge < -0.3 is 4.90 Å². The molecule has 0 N–H and O–H groups in total. The molecule has 0 amide bonds. The van der Waals surface area contributed by atoms with Crippen LogP contribution in [0, 0.1) is 0 Å². The molecule has 0 unspecified atom stereocenters. The van der Waals surface area contributed by atoms with E-state index in [1.807, 2.05) is 66.7 Å². The van der Waals surface area contributed by atoms with E-state index in [4.69, 9.17) is 0 Å². The van der Waals surface area contributed by atoms with Gasteiger partial charge in [-0.25, -0.2) is 0 Å². The third-order valence-electron chi connectivity index (χ3n) is 4.56. The first kappa shape index (κ1) is 20.1. The molecule has 2 heteroatoms. The minimum Gasteiger partial charge on any atom is -0.378 e. The second-order valence-electron chi connectivity index (χ2n) is 6.87. The van der Waals surface area contributed by atoms with Crippen molar-refractivity contribution in [1.82, 2.24) is 0 Å². The number of hydrogen-bond acceptors (Lipinski definition) is 2. The highest BCUT2D eigenvalue weighted by molar-refractivity contribution is 6.08. The Bertz CT molecular complexity index is 967. The van der Waals surface area contributed by atoms with Crippen LogP contribution in [0.3, 0.4) is 0 Å². The molecule has 4 aromatic rings. The SMILES string of the molecule is CN(C)c1ccc(-c2ccccc2)cc1.O=C(c1ccccc1)c1ccccc1. The van der Waals surface area contributed by atoms with Crippen LogP contribution >= 0.6 is 0 Å². The lowest BCUT2D eigenvalue weighted by Gasteiger charge is -2.12. The zero-order valence-electron chi connectivity index (χ0n) is 16.8. The van der Waals surface area contributed by atoms with Crippen molar-refractivity contribution in [2.45, 2.75) is 0 Å². The Morgan fingerprint density at radius 2 is 0.897 bits per heavy atom. The van der Waals surface area contributed by atoms with Crippen molar-refractivity contribution in [2.75, 3.05) is 19.0 Å². The average Bonchev–Trinajstić information content (AvgIpc) is 2.81. The molecular weight excluding hydrogens is 354 g/mol. The Morgan fingerprint density at radius 1 is 0.517 bits per heavy atom. The summed E-state index contributed by atoms with van der Waals surface area (Å²) in [5, 5.41) is 0. The summed E-state index contributed by atoms with van der Waals surface area (Å²) in [6.07, 6.45) is 0. The standard InChI is InChI=1S/C14H15N.C13H10O/c1-15(2)14-10-8-13(9-11-14)12-6-4-3-5-7-12;14-13(11-7-3-1-4-8-11)12-9-5-2-6-10-12/h3-11H,1-2H3;1-10H. The summed E-state index contributed by atoms with van der Waals surface area (Å²) >= 11 is 0. The normalized spacial score (nSPS) is 9.86. The molecular formula is C27H25NO. The summed E-state index contributed by atoms with van der Waals surface area (Å²) in [4.78, 5) is 14.0. The first-order valence-corrected chi connectivity index (χ1v) is 9.63. The van der Waals surface area contributed by atoms with Gasteiger partial charge in [0.1, 0.15) is 0 Å². The van der Waals surface area contributed by atoms with Gasteiger partial charge in [-0.2, -0.15) is 0 Å². The van der Waals surface area contributed by atoms with Gasteiger partial charge in [0.05, 0.1) is 0 Å². The Kier molecular flexibility index (Phi) is 6.96. The van der Waals surface area contributed by atoms with Crippen LogP contribution in [-0.2, 0) is 0 Å². The van der Waals surface area contributed by atoms with E-state index < -0.39 is 0 Å². The van der Waals surface area contributed by atoms with Crippen molar-refractivity contribution >= 4 is 11.5 Å². The lowest BCUT2D eigenvalue weighted by atomic mass is 10.0. The number of carbonyl (C=O) groups is 1. The van der Waals surface area contributed by atoms with Crippen LogP contribution in [0.1, 0.15) is 15.9 Å². The molecule has 0 saturated carbocycles. The van der Waals surface area contributed by atoms with Crippen LogP contribution in [0.4, 0.5) is 5.69 Å². The van der Waals surface area contributed by atoms with Crippen molar-refractivity contribution in [3.8, 4) is 11.1 Å². The fourth-order valence-corrected chi connectivity index (χ4v) is 2.93. The maximum Gasteiger partial charge on any atom is 0.193 e. The topological polar surface area (TPSA) is 20.3 Å². The summed E-state index contributed by atoms with van der Waals surface area (Å²) in [6, 6.07) is 37.6. The lowest BCUT2D eigenvalue weighted by molar-refractivity contribution is 0.103. The van der Waals surface area contributed by atoms with Crippen molar-refractivity contribution in [2.24, 2.45) is 0 Å². The third kappa shape index (κ3) is 5.66. The molecule has 0 aliphatic carbocycles. The van der Waals surface area contributed by atoms with Crippen LogP contribution in [0.25, 0.3) is 11.1 Å². The monoisotopic (exact) mass is 379 g/mol. The zero-order chi connectivity index (χ0) is 20.5. The van der Waals surface area contributed by atoms with E-state index in [9.17, 15) is 4.79 Å². The number of anilines is 1. The van der Waals surface area contributed by atoms with Crippen LogP contribution in [0.2, 0.25) is 0 Å². The first-order valence-electron chi connectivity index (χ1n) is 9.63. The molecule has 4 rings (SSSR count). The van der Waals surface area contributed by atoms with Crippen LogP contribution in [-0.4, -0.2) is 19.9 Å². The summed E-state index contributed by atoms with van der Waals surface area (Å²) in [5.74, 6) is 0.0752. The molecule has 0 bridgehead atoms. The number of ketones is 1. The van der Waals surface area contributed by atoms with Gasteiger partial charge in [-0.05, 0) is 23.3 Å². The quantitative estimate of drug-likeness (QED) is 0.386. The second kappa shape index (κ2) is 10.0. The van der Waals surface area contributed by atoms with Crippen molar-refractivity contribution < 1.29 is 4.79 Å². The summed E-state index contributed by atoms with van der Waals surface area (Å²) in [7, 11) is 4.11. The van der Waals surface area contributed by atoms with E-state index in [-0.39, 0.29) is 5.78 Å². The molecule has 0 aromatic heterocycles. The largest absolute Gasteiger partial charge is 0.378 e. The van der Waals surface area contributed by atoms with Crippen LogP contribution in [0.5, 0.6) is 0 Å². The molecule has 2 nitrogen and oxygen atoms in total. The summed E-state index contributed by atoms with van der Waals surface area (Å²) in [6.45, 7) is 0. The van der Waals surface area contributed by atoms with E-state index in [0.717, 1.165) is 11.1 Å². The number of nitrogens with zero attached hydrogens (tertiary/aromatic N) is 1. The maximum atomic E-state index is 11.8. The van der Waals surface area contributed by atoms with Gasteiger partial charge in [0, 0.05) is 30.9 Å². The number of benzene rings is 4. The molecule has 0 heterocycles. The minimum absolute atomic E-state index is 0.0752. The molecule has 144 valence electrons. The summed E-state index contributed by atoms with van der Waals surface area (Å²) < 4.78 is 0. The molecule has 29 heavy (non-hydrogen) atoms. The van der Waals surface area contributed by atoms with E-state index in [1.54, 1.807) is 0 Å². The van der Waals surface area contributed by atoms with Crippen molar-refractivity contribution in [3.63, 3.8) is 0 Å². The van der Waals surface area contributed by atoms with Crippen molar-refractivity contribution in [3.05, 3.63) is 126 Å². The van der Waals surface area contributed by atoms with Gasteiger partial charge >= 0.3 is 0 Å². The number of hydrogen-bond donors (Lipinski definition) is 0. The van der Waals surface area contributed by atoms with Crippen LogP contribution in [0.15, 0.2) is 115 Å². The van der Waals surface area contributed by atoms with Gasteiger partial charge in [-0.1, -0.05) is 103 Å². The highest BCUT2D eigenvalue weighted by Crippen LogP contribution is 2.21. The lowest BCUT2D eigenvalue weighted by Crippen LogP contribution is -2.07. The molecule has 0 radical (unpaired) electrons. The Labute approximate surface area is 173 Å². The van der Waals surface area contributed by atoms with E-state index in [1.165, 1.54) is 16.8 Å². The van der Waals surface area contributed by atoms with Gasteiger partial charge in [0.15, 0.2) is 5.78 Å². The van der Waals surface area contributed by atoms with Gasteiger partial charge in [-0.3, -0.25) is 4.79 Å². The fraction of sp³-hybridized carbons (Fsp3) is 0.0741. The zero-order valence-corrected chi connectivity index (χ0v) is 16.8. The number of carbonyl (C=O) groups excluding carboxylic acids is 1. The van der Waals surface area contributed by atoms with E-state index in [0.29, 0.717) is 0 Å². The Balaban J connectivity index is 0.000000166. The third-order valence-corrected chi connectivity index (χ3v) is 4.56. The smallest absolute Gasteiger partial charge is 0.193 e. The minimum atomic E-state index is 0.0752. The average molecular weight is 380 g/mol. The molecule has 0 spiro atoms. The molecule has 0 aliphatic heterocycles. The molecule has 0 fully saturated rings. The Hall–Kier alpha value is -3.65. The van der Waals surface area contributed by atoms with E-state index in [2.05, 4.69) is 67.5 Å². The summed E-state index contributed by atoms with van der Waals surface area (Å²) in [5.41, 5.74) is 5.23. The first-order chi connectivity index (χ1) is 14.1. The maximum absolute atomic E-state index is 11.8. The predicted octanol–water partition coefficient (Wildman–Crippen LogP) is 6.34. The second-order valence-corrected chi connectivity index (χ2v) is 6.87. The molecule has 0 saturated heterocycles. The predicted molar refractivity (Wildman–Crippen MR) is 123 cm³/mol. The number of rotatable bonds is 4. The van der Waals surface area contributed by atoms with Gasteiger partial charge in [0.2, 0.25) is 0 Å². The van der Waals surface area contributed by atoms with Crippen LogP contribution < -0.4 is 4.90 Å². The van der Waals surface area contributed by atoms with Crippen molar-refractivity contribution in [1.29, 1.82) is 0 Å². The molecule has 4 aromatic carbocycles. The Morgan fingerprint density at radius 3 is 1.31 bits per heavy atom. The van der Waals surface area contributed by atoms with Gasteiger partial charge in [-0.15, -0.1) is 0 Å². The van der Waals surface area contributed by atoms with Gasteiger partial charge in [0.25, 0.3) is 0 Å². The fourth-order valence-electron chi connectivity index (χ4n) is 2.93.